The summed E-state index contributed by atoms with van der Waals surface area (Å²) in [6.07, 6.45) is 1.23. The van der Waals surface area contributed by atoms with E-state index in [9.17, 15) is 4.79 Å². The molecule has 0 bridgehead atoms. The lowest BCUT2D eigenvalue weighted by Gasteiger charge is -2.19. The Bertz CT molecular complexity index is 625. The van der Waals surface area contributed by atoms with Crippen LogP contribution in [0.15, 0.2) is 24.4 Å². The van der Waals surface area contributed by atoms with Crippen molar-refractivity contribution in [2.45, 2.75) is 26.4 Å². The van der Waals surface area contributed by atoms with Gasteiger partial charge in [-0.2, -0.15) is 0 Å². The van der Waals surface area contributed by atoms with Crippen molar-refractivity contribution in [3.63, 3.8) is 0 Å². The molecule has 5 heteroatoms. The van der Waals surface area contributed by atoms with Crippen LogP contribution in [-0.4, -0.2) is 23.4 Å². The Morgan fingerprint density at radius 3 is 2.58 bits per heavy atom. The molecule has 0 spiro atoms. The fraction of sp³-hybridized carbons (Fsp3) is 0.357. The van der Waals surface area contributed by atoms with E-state index in [2.05, 4.69) is 0 Å². The van der Waals surface area contributed by atoms with Gasteiger partial charge in [-0.15, -0.1) is 0 Å². The average molecular weight is 282 g/mol. The molecule has 0 radical (unpaired) electrons. The van der Waals surface area contributed by atoms with Crippen LogP contribution in [0.3, 0.4) is 0 Å². The summed E-state index contributed by atoms with van der Waals surface area (Å²) in [4.78, 5) is 12.1. The summed E-state index contributed by atoms with van der Waals surface area (Å²) >= 11 is 6.08. The van der Waals surface area contributed by atoms with Crippen LogP contribution in [0.1, 0.15) is 20.8 Å². The van der Waals surface area contributed by atoms with Crippen LogP contribution < -0.4 is 4.74 Å². The first-order chi connectivity index (χ1) is 8.81. The van der Waals surface area contributed by atoms with Crippen molar-refractivity contribution in [1.29, 1.82) is 0 Å². The fourth-order valence-electron chi connectivity index (χ4n) is 1.76. The third-order valence-corrected chi connectivity index (χ3v) is 2.85. The quantitative estimate of drug-likeness (QED) is 0.790. The Morgan fingerprint density at radius 1 is 1.32 bits per heavy atom. The minimum Gasteiger partial charge on any atom is -0.495 e. The lowest BCUT2D eigenvalue weighted by atomic mass is 10.2. The number of methoxy groups -OCH3 is 1. The number of hydrogen-bond acceptors (Lipinski definition) is 3. The predicted octanol–water partition coefficient (Wildman–Crippen LogP) is 4.09. The number of halogens is 1. The highest BCUT2D eigenvalue weighted by Gasteiger charge is 2.19. The van der Waals surface area contributed by atoms with Crippen LogP contribution in [0.4, 0.5) is 4.79 Å². The van der Waals surface area contributed by atoms with E-state index in [1.807, 2.05) is 26.8 Å². The van der Waals surface area contributed by atoms with Gasteiger partial charge in [-0.1, -0.05) is 11.6 Å². The van der Waals surface area contributed by atoms with Crippen LogP contribution in [0.25, 0.3) is 10.9 Å². The van der Waals surface area contributed by atoms with Gasteiger partial charge < -0.3 is 9.47 Å². The second-order valence-electron chi connectivity index (χ2n) is 5.21. The lowest BCUT2D eigenvalue weighted by Crippen LogP contribution is -2.26. The highest BCUT2D eigenvalue weighted by atomic mass is 35.5. The van der Waals surface area contributed by atoms with Gasteiger partial charge in [0.2, 0.25) is 0 Å². The Kier molecular flexibility index (Phi) is 3.45. The molecule has 0 aliphatic heterocycles. The summed E-state index contributed by atoms with van der Waals surface area (Å²) in [5.41, 5.74) is 0.157. The summed E-state index contributed by atoms with van der Waals surface area (Å²) in [7, 11) is 1.55. The third kappa shape index (κ3) is 2.84. The summed E-state index contributed by atoms with van der Waals surface area (Å²) in [6.45, 7) is 5.48. The number of carbonyl (C=O) groups excluding carboxylic acids is 1. The molecule has 0 aliphatic rings. The van der Waals surface area contributed by atoms with E-state index in [4.69, 9.17) is 21.1 Å². The Balaban J connectivity index is 2.46. The number of aromatic nitrogens is 1. The van der Waals surface area contributed by atoms with Gasteiger partial charge in [-0.25, -0.2) is 4.79 Å². The zero-order chi connectivity index (χ0) is 14.2. The van der Waals surface area contributed by atoms with Gasteiger partial charge in [0, 0.05) is 11.6 Å². The number of ether oxygens (including phenoxy) is 2. The Morgan fingerprint density at radius 2 is 2.00 bits per heavy atom. The van der Waals surface area contributed by atoms with Gasteiger partial charge in [-0.3, -0.25) is 4.57 Å². The molecule has 2 rings (SSSR count). The summed E-state index contributed by atoms with van der Waals surface area (Å²) < 4.78 is 11.9. The summed E-state index contributed by atoms with van der Waals surface area (Å²) in [5, 5.41) is 1.32. The zero-order valence-corrected chi connectivity index (χ0v) is 12.1. The van der Waals surface area contributed by atoms with Gasteiger partial charge in [0.05, 0.1) is 17.6 Å². The first-order valence-corrected chi connectivity index (χ1v) is 6.27. The first-order valence-electron chi connectivity index (χ1n) is 5.90. The molecule has 1 aromatic carbocycles. The van der Waals surface area contributed by atoms with Crippen molar-refractivity contribution >= 4 is 28.6 Å². The van der Waals surface area contributed by atoms with Crippen molar-refractivity contribution in [3.8, 4) is 5.75 Å². The molecule has 102 valence electrons. The van der Waals surface area contributed by atoms with Gasteiger partial charge >= 0.3 is 6.09 Å². The van der Waals surface area contributed by atoms with Crippen molar-refractivity contribution < 1.29 is 14.3 Å². The normalized spacial score (nSPS) is 11.6. The Labute approximate surface area is 116 Å². The number of benzene rings is 1. The SMILES string of the molecule is COc1cc2ccn(C(=O)OC(C)(C)C)c2cc1Cl. The number of carbonyl (C=O) groups is 1. The molecule has 0 atom stereocenters. The predicted molar refractivity (Wildman–Crippen MR) is 75.1 cm³/mol. The molecule has 0 unspecified atom stereocenters. The van der Waals surface area contributed by atoms with Crippen molar-refractivity contribution in [3.05, 3.63) is 29.4 Å². The van der Waals surface area contributed by atoms with Crippen molar-refractivity contribution in [2.24, 2.45) is 0 Å². The molecule has 4 nitrogen and oxygen atoms in total. The monoisotopic (exact) mass is 281 g/mol. The number of nitrogens with zero attached hydrogens (tertiary/aromatic N) is 1. The molecule has 1 heterocycles. The average Bonchev–Trinajstić information content (AvgIpc) is 2.68. The molecule has 0 fully saturated rings. The van der Waals surface area contributed by atoms with Crippen LogP contribution in [0.2, 0.25) is 5.02 Å². The molecular formula is C14H16ClNO3. The maximum Gasteiger partial charge on any atom is 0.418 e. The minimum atomic E-state index is -0.538. The largest absolute Gasteiger partial charge is 0.495 e. The van der Waals surface area contributed by atoms with Gasteiger partial charge in [0.25, 0.3) is 0 Å². The fourth-order valence-corrected chi connectivity index (χ4v) is 2.00. The van der Waals surface area contributed by atoms with E-state index in [0.29, 0.717) is 16.3 Å². The first kappa shape index (κ1) is 13.7. The molecule has 0 aliphatic carbocycles. The van der Waals surface area contributed by atoms with Crippen molar-refractivity contribution in [1.82, 2.24) is 4.57 Å². The van der Waals surface area contributed by atoms with Crippen LogP contribution in [0.5, 0.6) is 5.75 Å². The lowest BCUT2D eigenvalue weighted by molar-refractivity contribution is 0.0544. The van der Waals surface area contributed by atoms with Crippen LogP contribution in [-0.2, 0) is 4.74 Å². The summed E-state index contributed by atoms with van der Waals surface area (Å²) in [6, 6.07) is 5.30. The number of rotatable bonds is 1. The zero-order valence-electron chi connectivity index (χ0n) is 11.4. The molecular weight excluding hydrogens is 266 g/mol. The molecule has 0 saturated carbocycles. The molecule has 2 aromatic rings. The van der Waals surface area contributed by atoms with E-state index in [-0.39, 0.29) is 0 Å². The second kappa shape index (κ2) is 4.78. The molecule has 19 heavy (non-hydrogen) atoms. The van der Waals surface area contributed by atoms with Gasteiger partial charge in [0.15, 0.2) is 0 Å². The topological polar surface area (TPSA) is 40.5 Å². The van der Waals surface area contributed by atoms with E-state index < -0.39 is 11.7 Å². The van der Waals surface area contributed by atoms with Gasteiger partial charge in [-0.05, 0) is 39.0 Å². The molecule has 0 N–H and O–H groups in total. The smallest absolute Gasteiger partial charge is 0.418 e. The van der Waals surface area contributed by atoms with Crippen LogP contribution in [0, 0.1) is 0 Å². The number of hydrogen-bond donors (Lipinski definition) is 0. The standard InChI is InChI=1S/C14H16ClNO3/c1-14(2,3)19-13(17)16-6-5-9-7-12(18-4)10(15)8-11(9)16/h5-8H,1-4H3. The van der Waals surface area contributed by atoms with Gasteiger partial charge in [0.1, 0.15) is 11.4 Å². The Hall–Kier alpha value is -1.68. The molecule has 1 aromatic heterocycles. The molecule has 0 amide bonds. The van der Waals surface area contributed by atoms with E-state index in [1.54, 1.807) is 25.4 Å². The third-order valence-electron chi connectivity index (χ3n) is 2.55. The van der Waals surface area contributed by atoms with Crippen molar-refractivity contribution in [2.75, 3.05) is 7.11 Å². The van der Waals surface area contributed by atoms with E-state index in [0.717, 1.165) is 5.39 Å². The van der Waals surface area contributed by atoms with E-state index >= 15 is 0 Å². The number of fused-ring (bicyclic) bond motifs is 1. The molecule has 0 saturated heterocycles. The maximum absolute atomic E-state index is 12.1. The second-order valence-corrected chi connectivity index (χ2v) is 5.62. The highest BCUT2D eigenvalue weighted by Crippen LogP contribution is 2.30. The van der Waals surface area contributed by atoms with Crippen LogP contribution >= 0.6 is 11.6 Å². The van der Waals surface area contributed by atoms with E-state index in [1.165, 1.54) is 4.57 Å². The highest BCUT2D eigenvalue weighted by molar-refractivity contribution is 6.32. The summed E-state index contributed by atoms with van der Waals surface area (Å²) in [5.74, 6) is 0.580. The maximum atomic E-state index is 12.1. The minimum absolute atomic E-state index is 0.427.